The van der Waals surface area contributed by atoms with Crippen molar-refractivity contribution in [2.45, 2.75) is 32.1 Å². The highest BCUT2D eigenvalue weighted by Gasteiger charge is 2.39. The van der Waals surface area contributed by atoms with E-state index in [0.717, 1.165) is 47.3 Å². The van der Waals surface area contributed by atoms with Crippen LogP contribution in [0.3, 0.4) is 0 Å². The fourth-order valence-electron chi connectivity index (χ4n) is 4.43. The molecule has 0 aliphatic heterocycles. The molecule has 0 aliphatic rings. The minimum Gasteiger partial charge on any atom is -0.497 e. The van der Waals surface area contributed by atoms with Gasteiger partial charge < -0.3 is 28.7 Å². The first-order valence-corrected chi connectivity index (χ1v) is 15.1. The molecule has 0 unspecified atom stereocenters. The molecule has 5 aromatic rings. The quantitative estimate of drug-likeness (QED) is 0.102. The van der Waals surface area contributed by atoms with Gasteiger partial charge in [0.05, 0.1) is 39.5 Å². The van der Waals surface area contributed by atoms with Crippen molar-refractivity contribution < 1.29 is 67.6 Å². The standard InChI is InChI=1S/C21H14F5N3O4.C13H6F5N3O3/c1-27-13-7-15(9-16(8-13)33-20(22)23)32-17-18(21(24,25)26)28-11-29(19(17)30)10-12-3-5-14(31-2)6-4-12;1-19-6-2-7(4-8(3-6)24-12(14)15)23-9-10(13(16,17)18)20-5-21-11(9)22/h3-9,11,20H,10H2,2H3;2-5,12H,(H,20,21,22). The molecule has 0 radical (unpaired) electrons. The monoisotopic (exact) mass is 814 g/mol. The van der Waals surface area contributed by atoms with Crippen LogP contribution in [-0.2, 0) is 18.9 Å². The van der Waals surface area contributed by atoms with Crippen molar-refractivity contribution in [3.63, 3.8) is 0 Å². The normalized spacial score (nSPS) is 11.2. The molecule has 2 heterocycles. The van der Waals surface area contributed by atoms with Crippen LogP contribution in [-0.4, -0.2) is 39.9 Å². The summed E-state index contributed by atoms with van der Waals surface area (Å²) in [5, 5.41) is 0. The lowest BCUT2D eigenvalue weighted by Gasteiger charge is -2.15. The number of halogens is 10. The maximum atomic E-state index is 13.5. The molecule has 5 rings (SSSR count). The van der Waals surface area contributed by atoms with Gasteiger partial charge in [0, 0.05) is 12.1 Å². The zero-order valence-corrected chi connectivity index (χ0v) is 28.2. The number of aromatic nitrogens is 4. The Labute approximate surface area is 311 Å². The van der Waals surface area contributed by atoms with E-state index in [2.05, 4.69) is 29.1 Å². The maximum absolute atomic E-state index is 13.5. The van der Waals surface area contributed by atoms with Crippen LogP contribution in [0.5, 0.6) is 40.2 Å². The number of alkyl halides is 10. The number of rotatable bonds is 11. The topological polar surface area (TPSA) is 136 Å². The number of ether oxygens (including phenoxy) is 5. The van der Waals surface area contributed by atoms with E-state index in [4.69, 9.17) is 27.4 Å². The van der Waals surface area contributed by atoms with Gasteiger partial charge in [0.1, 0.15) is 28.7 Å². The molecule has 0 spiro atoms. The highest BCUT2D eigenvalue weighted by atomic mass is 19.4. The van der Waals surface area contributed by atoms with E-state index in [1.165, 1.54) is 7.11 Å². The van der Waals surface area contributed by atoms with Crippen molar-refractivity contribution in [1.29, 1.82) is 0 Å². The zero-order valence-electron chi connectivity index (χ0n) is 28.2. The predicted octanol–water partition coefficient (Wildman–Crippen LogP) is 9.00. The summed E-state index contributed by atoms with van der Waals surface area (Å²) in [6.45, 7) is 7.28. The third-order valence-electron chi connectivity index (χ3n) is 6.73. The van der Waals surface area contributed by atoms with Crippen LogP contribution < -0.4 is 34.8 Å². The van der Waals surface area contributed by atoms with Gasteiger partial charge in [-0.2, -0.15) is 43.9 Å². The number of hydrogen-bond acceptors (Lipinski definition) is 9. The molecule has 0 atom stereocenters. The SMILES string of the molecule is [C-]#[N+]c1cc(Oc2c(C(F)(F)F)nc[nH]c2=O)cc(OC(F)F)c1.[C-]#[N+]c1cc(Oc2c(C(F)(F)F)ncn(Cc3ccc(OC)cc3)c2=O)cc(OC(F)F)c1. The molecule has 3 aromatic carbocycles. The summed E-state index contributed by atoms with van der Waals surface area (Å²) in [5.41, 5.74) is -5.54. The summed E-state index contributed by atoms with van der Waals surface area (Å²) in [7, 11) is 1.46. The van der Waals surface area contributed by atoms with E-state index in [1.54, 1.807) is 24.3 Å². The van der Waals surface area contributed by atoms with E-state index in [1.807, 2.05) is 4.98 Å². The van der Waals surface area contributed by atoms with Crippen molar-refractivity contribution >= 4 is 11.4 Å². The number of benzene rings is 3. The third-order valence-corrected chi connectivity index (χ3v) is 6.73. The van der Waals surface area contributed by atoms with Gasteiger partial charge in [0.2, 0.25) is 11.5 Å². The van der Waals surface area contributed by atoms with Gasteiger partial charge in [-0.05, 0) is 42.0 Å². The van der Waals surface area contributed by atoms with Gasteiger partial charge in [-0.25, -0.2) is 19.7 Å². The second-order valence-corrected chi connectivity index (χ2v) is 10.6. The van der Waals surface area contributed by atoms with Crippen LogP contribution in [0.15, 0.2) is 82.9 Å². The van der Waals surface area contributed by atoms with Crippen LogP contribution >= 0.6 is 0 Å². The maximum Gasteiger partial charge on any atom is 0.437 e. The third kappa shape index (κ3) is 11.6. The van der Waals surface area contributed by atoms with Gasteiger partial charge in [-0.3, -0.25) is 14.2 Å². The Bertz CT molecular complexity index is 2410. The Balaban J connectivity index is 0.000000266. The van der Waals surface area contributed by atoms with Gasteiger partial charge in [0.15, 0.2) is 22.8 Å². The molecule has 23 heteroatoms. The van der Waals surface area contributed by atoms with Crippen molar-refractivity contribution in [2.75, 3.05) is 7.11 Å². The minimum atomic E-state index is -5.05. The smallest absolute Gasteiger partial charge is 0.437 e. The largest absolute Gasteiger partial charge is 0.497 e. The number of hydrogen-bond donors (Lipinski definition) is 1. The van der Waals surface area contributed by atoms with Gasteiger partial charge in [-0.1, -0.05) is 12.1 Å². The van der Waals surface area contributed by atoms with Crippen molar-refractivity contribution in [1.82, 2.24) is 19.5 Å². The van der Waals surface area contributed by atoms with Crippen molar-refractivity contribution in [3.8, 4) is 40.2 Å². The first-order chi connectivity index (χ1) is 26.8. The average Bonchev–Trinajstić information content (AvgIpc) is 3.13. The lowest BCUT2D eigenvalue weighted by atomic mass is 10.2. The first kappa shape index (κ1) is 42.4. The number of nitrogens with one attached hydrogen (secondary N) is 1. The molecule has 13 nitrogen and oxygen atoms in total. The van der Waals surface area contributed by atoms with Crippen LogP contribution in [0, 0.1) is 13.1 Å². The fraction of sp³-hybridized carbons (Fsp3) is 0.176. The molecule has 298 valence electrons. The summed E-state index contributed by atoms with van der Waals surface area (Å²) in [5.74, 6) is -3.80. The molecule has 0 saturated carbocycles. The van der Waals surface area contributed by atoms with E-state index in [9.17, 15) is 53.5 Å². The summed E-state index contributed by atoms with van der Waals surface area (Å²) in [4.78, 5) is 38.6. The van der Waals surface area contributed by atoms with Crippen LogP contribution in [0.4, 0.5) is 55.3 Å². The van der Waals surface area contributed by atoms with Gasteiger partial charge >= 0.3 is 25.6 Å². The zero-order chi connectivity index (χ0) is 42.1. The lowest BCUT2D eigenvalue weighted by molar-refractivity contribution is -0.143. The highest BCUT2D eigenvalue weighted by molar-refractivity contribution is 5.56. The minimum absolute atomic E-state index is 0.133. The fourth-order valence-corrected chi connectivity index (χ4v) is 4.43. The lowest BCUT2D eigenvalue weighted by Crippen LogP contribution is -2.26. The molecule has 0 bridgehead atoms. The number of nitrogens with zero attached hydrogens (tertiary/aromatic N) is 5. The molecule has 57 heavy (non-hydrogen) atoms. The number of H-pyrrole nitrogens is 1. The van der Waals surface area contributed by atoms with Gasteiger partial charge in [0.25, 0.3) is 11.1 Å². The summed E-state index contributed by atoms with van der Waals surface area (Å²) in [6, 6.07) is 11.9. The van der Waals surface area contributed by atoms with Crippen LogP contribution in [0.2, 0.25) is 0 Å². The predicted molar refractivity (Wildman–Crippen MR) is 174 cm³/mol. The summed E-state index contributed by atoms with van der Waals surface area (Å²) >= 11 is 0. The number of aromatic amines is 1. The van der Waals surface area contributed by atoms with E-state index >= 15 is 0 Å². The molecule has 0 aliphatic carbocycles. The second kappa shape index (κ2) is 17.9. The Morgan fingerprint density at radius 2 is 1.18 bits per heavy atom. The molecule has 0 amide bonds. The summed E-state index contributed by atoms with van der Waals surface area (Å²) < 4.78 is 153. The van der Waals surface area contributed by atoms with E-state index in [0.29, 0.717) is 17.6 Å². The Kier molecular flexibility index (Phi) is 13.3. The van der Waals surface area contributed by atoms with Crippen molar-refractivity contribution in [2.24, 2.45) is 0 Å². The molecule has 0 saturated heterocycles. The highest BCUT2D eigenvalue weighted by Crippen LogP contribution is 2.38. The number of methoxy groups -OCH3 is 1. The summed E-state index contributed by atoms with van der Waals surface area (Å²) in [6.07, 6.45) is -8.77. The van der Waals surface area contributed by atoms with Crippen LogP contribution in [0.1, 0.15) is 17.0 Å². The van der Waals surface area contributed by atoms with Crippen molar-refractivity contribution in [3.05, 3.63) is 134 Å². The molecule has 2 aromatic heterocycles. The second-order valence-electron chi connectivity index (χ2n) is 10.6. The Morgan fingerprint density at radius 1 is 0.702 bits per heavy atom. The van der Waals surface area contributed by atoms with Gasteiger partial charge in [-0.15, -0.1) is 0 Å². The molecule has 0 fully saturated rings. The first-order valence-electron chi connectivity index (χ1n) is 15.1. The average molecular weight is 815 g/mol. The van der Waals surface area contributed by atoms with E-state index in [-0.39, 0.29) is 17.9 Å². The molecular weight excluding hydrogens is 794 g/mol. The van der Waals surface area contributed by atoms with Crippen LogP contribution in [0.25, 0.3) is 9.69 Å². The van der Waals surface area contributed by atoms with E-state index < -0.39 is 82.6 Å². The molecule has 1 N–H and O–H groups in total. The molecular formula is C34H20F10N6O7. The Hall–Kier alpha value is -7.30. The Morgan fingerprint density at radius 3 is 1.63 bits per heavy atom.